The molecule has 1 fully saturated rings. The van der Waals surface area contributed by atoms with Gasteiger partial charge in [-0.2, -0.15) is 0 Å². The molecule has 1 saturated heterocycles. The lowest BCUT2D eigenvalue weighted by Crippen LogP contribution is -2.46. The number of ether oxygens (including phenoxy) is 3. The lowest BCUT2D eigenvalue weighted by Gasteiger charge is -2.39. The first-order valence-corrected chi connectivity index (χ1v) is 11.1. The topological polar surface area (TPSA) is 61.8 Å². The Hall–Kier alpha value is -3.18. The summed E-state index contributed by atoms with van der Waals surface area (Å²) in [5.74, 6) is -0.662. The van der Waals surface area contributed by atoms with Crippen molar-refractivity contribution in [2.24, 2.45) is 5.41 Å². The lowest BCUT2D eigenvalue weighted by molar-refractivity contribution is -0.139. The number of hydrogen-bond donors (Lipinski definition) is 0. The molecule has 1 heterocycles. The monoisotopic (exact) mass is 430 g/mol. The van der Waals surface area contributed by atoms with E-state index in [0.29, 0.717) is 43.6 Å². The smallest absolute Gasteiger partial charge is 0.338 e. The highest BCUT2D eigenvalue weighted by Gasteiger charge is 2.64. The minimum Gasteiger partial charge on any atom is -0.457 e. The number of rotatable bonds is 6. The van der Waals surface area contributed by atoms with Crippen LogP contribution in [0.2, 0.25) is 0 Å². The van der Waals surface area contributed by atoms with E-state index in [0.717, 1.165) is 16.7 Å². The Bertz CT molecular complexity index is 1090. The molecule has 0 aromatic heterocycles. The summed E-state index contributed by atoms with van der Waals surface area (Å²) in [6.45, 7) is 3.01. The molecule has 3 aliphatic rings. The Kier molecular flexibility index (Phi) is 5.43. The van der Waals surface area contributed by atoms with Gasteiger partial charge in [0.2, 0.25) is 0 Å². The lowest BCUT2D eigenvalue weighted by atomic mass is 9.66. The molecule has 0 saturated carbocycles. The summed E-state index contributed by atoms with van der Waals surface area (Å²) in [5.41, 5.74) is 3.69. The van der Waals surface area contributed by atoms with Gasteiger partial charge < -0.3 is 14.2 Å². The number of hydrogen-bond acceptors (Lipinski definition) is 5. The fraction of sp³-hybridized carbons (Fsp3) is 0.333. The molecule has 0 amide bonds. The third kappa shape index (κ3) is 3.37. The first-order chi connectivity index (χ1) is 15.6. The quantitative estimate of drug-likeness (QED) is 0.488. The van der Waals surface area contributed by atoms with E-state index in [-0.39, 0.29) is 18.0 Å². The van der Waals surface area contributed by atoms with Gasteiger partial charge in [-0.25, -0.2) is 9.59 Å². The average Bonchev–Trinajstić information content (AvgIpc) is 3.25. The summed E-state index contributed by atoms with van der Waals surface area (Å²) in [4.78, 5) is 25.6. The van der Waals surface area contributed by atoms with Crippen LogP contribution in [0.5, 0.6) is 0 Å². The highest BCUT2D eigenvalue weighted by atomic mass is 16.6. The van der Waals surface area contributed by atoms with E-state index in [4.69, 9.17) is 14.2 Å². The van der Waals surface area contributed by atoms with Gasteiger partial charge in [0.1, 0.15) is 12.2 Å². The van der Waals surface area contributed by atoms with Crippen LogP contribution in [0.4, 0.5) is 0 Å². The normalized spacial score (nSPS) is 26.3. The van der Waals surface area contributed by atoms with Crippen molar-refractivity contribution in [2.75, 3.05) is 6.61 Å². The van der Waals surface area contributed by atoms with Gasteiger partial charge in [-0.3, -0.25) is 0 Å². The van der Waals surface area contributed by atoms with Gasteiger partial charge in [-0.15, -0.1) is 0 Å². The maximum Gasteiger partial charge on any atom is 0.338 e. The maximum atomic E-state index is 12.9. The fourth-order valence-corrected chi connectivity index (χ4v) is 5.38. The molecule has 2 aliphatic carbocycles. The van der Waals surface area contributed by atoms with Crippen LogP contribution >= 0.6 is 0 Å². The third-order valence-corrected chi connectivity index (χ3v) is 6.94. The first kappa shape index (κ1) is 20.7. The largest absolute Gasteiger partial charge is 0.457 e. The van der Waals surface area contributed by atoms with Crippen molar-refractivity contribution in [3.63, 3.8) is 0 Å². The number of allylic oxidation sites excluding steroid dienone is 1. The Morgan fingerprint density at radius 2 is 1.78 bits per heavy atom. The van der Waals surface area contributed by atoms with Crippen molar-refractivity contribution < 1.29 is 23.8 Å². The molecular formula is C27H26O5. The number of carbonyl (C=O) groups excluding carboxylic acids is 2. The Balaban J connectivity index is 1.41. The zero-order chi connectivity index (χ0) is 22.1. The van der Waals surface area contributed by atoms with E-state index in [2.05, 4.69) is 0 Å². The van der Waals surface area contributed by atoms with Gasteiger partial charge in [-0.05, 0) is 43.0 Å². The zero-order valence-corrected chi connectivity index (χ0v) is 18.1. The van der Waals surface area contributed by atoms with Crippen molar-refractivity contribution in [2.45, 2.75) is 45.0 Å². The number of esters is 2. The molecule has 164 valence electrons. The first-order valence-electron chi connectivity index (χ1n) is 11.1. The van der Waals surface area contributed by atoms with Gasteiger partial charge >= 0.3 is 11.9 Å². The summed E-state index contributed by atoms with van der Waals surface area (Å²) in [6, 6.07) is 19.0. The van der Waals surface area contributed by atoms with Crippen LogP contribution in [-0.4, -0.2) is 30.8 Å². The van der Waals surface area contributed by atoms with Gasteiger partial charge in [0.25, 0.3) is 0 Å². The van der Waals surface area contributed by atoms with Gasteiger partial charge in [-0.1, -0.05) is 60.2 Å². The minimum absolute atomic E-state index is 0.293. The number of benzene rings is 2. The third-order valence-electron chi connectivity index (χ3n) is 6.94. The van der Waals surface area contributed by atoms with E-state index in [9.17, 15) is 9.59 Å². The van der Waals surface area contributed by atoms with Crippen molar-refractivity contribution in [1.82, 2.24) is 0 Å². The second-order valence-electron chi connectivity index (χ2n) is 8.63. The van der Waals surface area contributed by atoms with Crippen molar-refractivity contribution in [1.29, 1.82) is 0 Å². The van der Waals surface area contributed by atoms with E-state index < -0.39 is 11.5 Å². The van der Waals surface area contributed by atoms with Crippen molar-refractivity contribution in [3.05, 3.63) is 94.6 Å². The zero-order valence-electron chi connectivity index (χ0n) is 18.1. The Labute approximate surface area is 187 Å². The summed E-state index contributed by atoms with van der Waals surface area (Å²) in [6.07, 6.45) is 3.10. The standard InChI is InChI=1S/C27H26O5/c1-18-21(17-30-16-19-9-4-2-5-10-19)15-24-27(18)22(26(29)32-24)13-8-14-23(27)31-25(28)20-11-6-3-7-12-20/h2-7,9-13,23-24H,8,14-17H2,1H3/t23-,24?,27+/m1/s1. The maximum absolute atomic E-state index is 12.9. The van der Waals surface area contributed by atoms with Crippen LogP contribution in [0.15, 0.2) is 83.5 Å². The SMILES string of the molecule is CC1=C(COCc2ccccc2)CC2OC(=O)C3=CCC[C@@H](OC(=O)c4ccccc4)[C@@]312. The summed E-state index contributed by atoms with van der Waals surface area (Å²) in [7, 11) is 0. The Morgan fingerprint density at radius 1 is 1.06 bits per heavy atom. The van der Waals surface area contributed by atoms with Crippen LogP contribution in [0.3, 0.4) is 0 Å². The average molecular weight is 431 g/mol. The molecule has 5 rings (SSSR count). The minimum atomic E-state index is -0.717. The molecule has 5 nitrogen and oxygen atoms in total. The highest BCUT2D eigenvalue weighted by molar-refractivity contribution is 5.95. The fourth-order valence-electron chi connectivity index (χ4n) is 5.38. The predicted molar refractivity (Wildman–Crippen MR) is 119 cm³/mol. The van der Waals surface area contributed by atoms with E-state index in [1.54, 1.807) is 12.1 Å². The molecule has 0 radical (unpaired) electrons. The van der Waals surface area contributed by atoms with Crippen LogP contribution in [-0.2, 0) is 25.6 Å². The molecular weight excluding hydrogens is 404 g/mol. The molecule has 0 bridgehead atoms. The molecule has 2 aromatic rings. The van der Waals surface area contributed by atoms with E-state index in [1.165, 1.54) is 0 Å². The number of carbonyl (C=O) groups is 2. The predicted octanol–water partition coefficient (Wildman–Crippen LogP) is 4.78. The molecule has 5 heteroatoms. The molecule has 2 aromatic carbocycles. The van der Waals surface area contributed by atoms with Crippen LogP contribution in [0, 0.1) is 5.41 Å². The molecule has 1 aliphatic heterocycles. The van der Waals surface area contributed by atoms with Crippen LogP contribution < -0.4 is 0 Å². The van der Waals surface area contributed by atoms with E-state index >= 15 is 0 Å². The summed E-state index contributed by atoms with van der Waals surface area (Å²) >= 11 is 0. The summed E-state index contributed by atoms with van der Waals surface area (Å²) in [5, 5.41) is 0. The molecule has 1 unspecified atom stereocenters. The molecule has 32 heavy (non-hydrogen) atoms. The summed E-state index contributed by atoms with van der Waals surface area (Å²) < 4.78 is 17.9. The van der Waals surface area contributed by atoms with Gasteiger partial charge in [0.05, 0.1) is 29.8 Å². The van der Waals surface area contributed by atoms with Gasteiger partial charge in [0.15, 0.2) is 0 Å². The second-order valence-corrected chi connectivity index (χ2v) is 8.63. The molecule has 0 N–H and O–H groups in total. The molecule has 1 spiro atoms. The second kappa shape index (κ2) is 8.40. The van der Waals surface area contributed by atoms with E-state index in [1.807, 2.05) is 61.5 Å². The molecule has 3 atom stereocenters. The van der Waals surface area contributed by atoms with Crippen molar-refractivity contribution in [3.8, 4) is 0 Å². The van der Waals surface area contributed by atoms with Gasteiger partial charge in [0, 0.05) is 6.42 Å². The van der Waals surface area contributed by atoms with Crippen LogP contribution in [0.1, 0.15) is 42.1 Å². The Morgan fingerprint density at radius 3 is 2.53 bits per heavy atom. The highest BCUT2D eigenvalue weighted by Crippen LogP contribution is 2.59. The van der Waals surface area contributed by atoms with Crippen molar-refractivity contribution >= 4 is 11.9 Å². The van der Waals surface area contributed by atoms with Crippen LogP contribution in [0.25, 0.3) is 0 Å².